The zero-order valence-corrected chi connectivity index (χ0v) is 22.1. The van der Waals surface area contributed by atoms with Crippen molar-refractivity contribution in [2.24, 2.45) is 22.1 Å². The lowest BCUT2D eigenvalue weighted by Gasteiger charge is -2.10. The number of thiophene rings is 2. The Labute approximate surface area is 220 Å². The second kappa shape index (κ2) is 22.7. The number of hydrogen-bond acceptors (Lipinski definition) is 6. The van der Waals surface area contributed by atoms with Crippen LogP contribution in [-0.4, -0.2) is 43.0 Å². The van der Waals surface area contributed by atoms with Crippen LogP contribution in [0.5, 0.6) is 0 Å². The minimum Gasteiger partial charge on any atom is -0.481 e. The molecule has 0 spiro atoms. The largest absolute Gasteiger partial charge is 0.481 e. The zero-order valence-electron chi connectivity index (χ0n) is 19.7. The molecule has 200 valence electrons. The minimum absolute atomic E-state index is 0.0366. The van der Waals surface area contributed by atoms with E-state index in [1.807, 2.05) is 16.8 Å². The van der Waals surface area contributed by atoms with Crippen LogP contribution in [0, 0.1) is 11.8 Å². The Kier molecular flexibility index (Phi) is 22.3. The average molecular weight is 569 g/mol. The minimum atomic E-state index is -4.64. The Morgan fingerprint density at radius 3 is 1.78 bits per heavy atom. The summed E-state index contributed by atoms with van der Waals surface area (Å²) in [5.41, 5.74) is 18.8. The van der Waals surface area contributed by atoms with E-state index in [-0.39, 0.29) is 18.9 Å². The van der Waals surface area contributed by atoms with Gasteiger partial charge in [0.2, 0.25) is 6.29 Å². The summed E-state index contributed by atoms with van der Waals surface area (Å²) in [6.45, 7) is 2.98. The number of alkyl halides is 4. The third-order valence-electron chi connectivity index (χ3n) is 4.19. The van der Waals surface area contributed by atoms with E-state index in [2.05, 4.69) is 55.4 Å². The molecule has 0 bridgehead atoms. The van der Waals surface area contributed by atoms with E-state index in [1.165, 1.54) is 11.9 Å². The monoisotopic (exact) mass is 568 g/mol. The number of aliphatic carboxylic acids is 1. The molecule has 0 saturated carbocycles. The van der Waals surface area contributed by atoms with Crippen LogP contribution in [0.3, 0.4) is 0 Å². The molecule has 2 aromatic rings. The maximum absolute atomic E-state index is 10.6. The zero-order chi connectivity index (χ0) is 27.8. The molecule has 0 aliphatic carbocycles. The van der Waals surface area contributed by atoms with Gasteiger partial charge in [-0.1, -0.05) is 23.6 Å². The molecule has 0 radical (unpaired) electrons. The van der Waals surface area contributed by atoms with Crippen LogP contribution in [0.25, 0.3) is 20.9 Å². The van der Waals surface area contributed by atoms with Gasteiger partial charge in [0.25, 0.3) is 0 Å². The van der Waals surface area contributed by atoms with Crippen LogP contribution in [-0.2, 0) is 22.4 Å². The Bertz CT molecular complexity index is 914. The number of carboxylic acid groups (broad SMARTS) is 1. The highest BCUT2D eigenvalue weighted by Crippen LogP contribution is 2.16. The quantitative estimate of drug-likeness (QED) is 0.0962. The second-order valence-corrected chi connectivity index (χ2v) is 8.46. The van der Waals surface area contributed by atoms with Crippen LogP contribution in [0.2, 0.25) is 0 Å². The first-order valence-corrected chi connectivity index (χ1v) is 13.0. The fourth-order valence-corrected chi connectivity index (χ4v) is 3.94. The van der Waals surface area contributed by atoms with Gasteiger partial charge in [0.15, 0.2) is 0 Å². The Balaban J connectivity index is 0. The number of carbonyl (C=O) groups is 2. The smallest absolute Gasteiger partial charge is 0.446 e. The topological polar surface area (TPSA) is 152 Å². The molecule has 2 unspecified atom stereocenters. The molecule has 36 heavy (non-hydrogen) atoms. The van der Waals surface area contributed by atoms with Crippen LogP contribution < -0.4 is 0 Å². The second-order valence-electron chi connectivity index (χ2n) is 6.90. The van der Waals surface area contributed by atoms with Gasteiger partial charge < -0.3 is 5.11 Å². The highest BCUT2D eigenvalue weighted by Gasteiger charge is 2.24. The summed E-state index contributed by atoms with van der Waals surface area (Å²) in [7, 11) is 0. The lowest BCUT2D eigenvalue weighted by Crippen LogP contribution is -2.13. The van der Waals surface area contributed by atoms with Crippen molar-refractivity contribution in [2.45, 2.75) is 38.8 Å². The number of hydrogen-bond donors (Lipinski definition) is 1. The molecule has 0 saturated heterocycles. The molecule has 1 N–H and O–H groups in total. The van der Waals surface area contributed by atoms with Gasteiger partial charge in [-0.2, -0.15) is 35.8 Å². The van der Waals surface area contributed by atoms with E-state index >= 15 is 0 Å². The van der Waals surface area contributed by atoms with Crippen LogP contribution in [0.4, 0.5) is 13.2 Å². The molecule has 0 aromatic carbocycles. The summed E-state index contributed by atoms with van der Waals surface area (Å²) in [5.74, 6) is -0.484. The van der Waals surface area contributed by atoms with E-state index < -0.39 is 18.4 Å². The highest BCUT2D eigenvalue weighted by atomic mass is 35.5. The fraction of sp³-hybridized carbons (Fsp3) is 0.524. The van der Waals surface area contributed by atoms with E-state index in [1.54, 1.807) is 22.7 Å². The third-order valence-corrected chi connectivity index (χ3v) is 5.65. The molecular weight excluding hydrogens is 541 g/mol. The van der Waals surface area contributed by atoms with Crippen molar-refractivity contribution in [2.75, 3.05) is 19.5 Å². The maximum atomic E-state index is 10.6. The number of halogens is 4. The first kappa shape index (κ1) is 35.4. The lowest BCUT2D eigenvalue weighted by molar-refractivity contribution is -0.156. The van der Waals surface area contributed by atoms with Crippen molar-refractivity contribution in [1.29, 1.82) is 0 Å². The maximum Gasteiger partial charge on any atom is 0.446 e. The van der Waals surface area contributed by atoms with Gasteiger partial charge >= 0.3 is 12.1 Å². The predicted molar refractivity (Wildman–Crippen MR) is 137 cm³/mol. The summed E-state index contributed by atoms with van der Waals surface area (Å²) in [6.07, 6.45) is -1.45. The van der Waals surface area contributed by atoms with Gasteiger partial charge in [-0.05, 0) is 80.5 Å². The van der Waals surface area contributed by atoms with Crippen molar-refractivity contribution >= 4 is 46.5 Å². The Hall–Kier alpha value is -2.76. The molecule has 2 rings (SSSR count). The van der Waals surface area contributed by atoms with Gasteiger partial charge in [0.1, 0.15) is 0 Å². The number of carbonyl (C=O) groups excluding carboxylic acids is 1. The van der Waals surface area contributed by atoms with Crippen LogP contribution >= 0.6 is 34.3 Å². The summed E-state index contributed by atoms with van der Waals surface area (Å²) < 4.78 is 31.2. The number of azide groups is 2. The molecular formula is C21H28ClF3N6O3S2. The van der Waals surface area contributed by atoms with Crippen molar-refractivity contribution in [3.8, 4) is 0 Å². The Morgan fingerprint density at radius 2 is 1.47 bits per heavy atom. The number of rotatable bonds is 11. The Morgan fingerprint density at radius 1 is 1.06 bits per heavy atom. The SMILES string of the molecule is CCC(CN=[N+]=[N-])Cc1ccsc1.CCl.O=CC(F)(F)F.[N-]=[N+]=NCC(CC(=O)O)Cc1ccsc1. The van der Waals surface area contributed by atoms with Crippen LogP contribution in [0.1, 0.15) is 30.9 Å². The lowest BCUT2D eigenvalue weighted by atomic mass is 9.98. The molecule has 2 atom stereocenters. The van der Waals surface area contributed by atoms with Gasteiger partial charge in [0, 0.05) is 35.7 Å². The summed E-state index contributed by atoms with van der Waals surface area (Å²) in [5, 5.41) is 23.9. The van der Waals surface area contributed by atoms with E-state index in [0.29, 0.717) is 18.9 Å². The first-order valence-electron chi connectivity index (χ1n) is 10.3. The summed E-state index contributed by atoms with van der Waals surface area (Å²) in [6, 6.07) is 4.08. The van der Waals surface area contributed by atoms with E-state index in [4.69, 9.17) is 21.0 Å². The van der Waals surface area contributed by atoms with Gasteiger partial charge in [-0.3, -0.25) is 9.59 Å². The van der Waals surface area contributed by atoms with Crippen molar-refractivity contribution in [3.05, 3.63) is 65.7 Å². The van der Waals surface area contributed by atoms with Gasteiger partial charge in [-0.25, -0.2) is 0 Å². The van der Waals surface area contributed by atoms with Gasteiger partial charge in [-0.15, -0.1) is 11.6 Å². The summed E-state index contributed by atoms with van der Waals surface area (Å²) >= 11 is 7.92. The van der Waals surface area contributed by atoms with Crippen molar-refractivity contribution in [1.82, 2.24) is 0 Å². The van der Waals surface area contributed by atoms with Crippen LogP contribution in [0.15, 0.2) is 43.9 Å². The first-order chi connectivity index (χ1) is 17.1. The number of carboxylic acids is 1. The fourth-order valence-electron chi connectivity index (χ4n) is 2.57. The van der Waals surface area contributed by atoms with Crippen molar-refractivity contribution in [3.63, 3.8) is 0 Å². The molecule has 0 aliphatic rings. The molecule has 2 heterocycles. The number of aldehydes is 1. The molecule has 15 heteroatoms. The normalized spacial score (nSPS) is 11.3. The highest BCUT2D eigenvalue weighted by molar-refractivity contribution is 7.08. The molecule has 2 aromatic heterocycles. The predicted octanol–water partition coefficient (Wildman–Crippen LogP) is 7.92. The summed E-state index contributed by atoms with van der Waals surface area (Å²) in [4.78, 5) is 24.7. The van der Waals surface area contributed by atoms with Crippen molar-refractivity contribution < 1.29 is 27.9 Å². The molecule has 0 aliphatic heterocycles. The van der Waals surface area contributed by atoms with Gasteiger partial charge in [0.05, 0.1) is 0 Å². The van der Waals surface area contributed by atoms with E-state index in [9.17, 15) is 18.0 Å². The standard InChI is InChI=1S/C9H11N3O2S.C9H13N3S.C2HF3O.CH3Cl/c10-12-11-5-8(4-9(13)14)3-7-1-2-15-6-7;1-2-8(6-11-12-10)5-9-3-4-13-7-9;3-2(4,5)1-6;1-2/h1-2,6,8H,3-5H2,(H,13,14);3-4,7-8H,2,5-6H2,1H3;1H;1H3. The molecule has 0 fully saturated rings. The molecule has 0 amide bonds. The number of nitrogens with zero attached hydrogens (tertiary/aromatic N) is 6. The molecule has 9 nitrogen and oxygen atoms in total. The third kappa shape index (κ3) is 21.8. The average Bonchev–Trinajstić information content (AvgIpc) is 3.56. The van der Waals surface area contributed by atoms with E-state index in [0.717, 1.165) is 18.4 Å².